The van der Waals surface area contributed by atoms with Gasteiger partial charge in [-0.05, 0) is 24.3 Å². The number of nitro groups is 1. The number of nitrogens with zero attached hydrogens (tertiary/aromatic N) is 1. The number of ether oxygens (including phenoxy) is 1. The summed E-state index contributed by atoms with van der Waals surface area (Å²) in [6.07, 6.45) is 0. The van der Waals surface area contributed by atoms with Crippen LogP contribution in [0.4, 0.5) is 5.69 Å². The third-order valence-corrected chi connectivity index (χ3v) is 3.85. The predicted octanol–water partition coefficient (Wildman–Crippen LogP) is 3.50. The Morgan fingerprint density at radius 3 is 2.35 bits per heavy atom. The number of aliphatic hydroxyl groups excluding tert-OH is 1. The van der Waals surface area contributed by atoms with Crippen molar-refractivity contribution in [3.05, 3.63) is 67.7 Å². The van der Waals surface area contributed by atoms with Crippen LogP contribution in [0.1, 0.15) is 15.9 Å². The van der Waals surface area contributed by atoms with E-state index in [1.165, 1.54) is 36.4 Å². The summed E-state index contributed by atoms with van der Waals surface area (Å²) in [6, 6.07) is 8.10. The van der Waals surface area contributed by atoms with Crippen molar-refractivity contribution in [1.29, 1.82) is 0 Å². The van der Waals surface area contributed by atoms with Crippen LogP contribution >= 0.6 is 23.2 Å². The number of aliphatic hydroxyl groups is 1. The quantitative estimate of drug-likeness (QED) is 0.486. The van der Waals surface area contributed by atoms with E-state index in [0.29, 0.717) is 0 Å². The van der Waals surface area contributed by atoms with Crippen LogP contribution in [0.2, 0.25) is 10.0 Å². The topological polar surface area (TPSA) is 89.7 Å². The first-order valence-corrected chi connectivity index (χ1v) is 7.22. The molecule has 0 aliphatic heterocycles. The van der Waals surface area contributed by atoms with Gasteiger partial charge in [0.05, 0.1) is 16.6 Å². The smallest absolute Gasteiger partial charge is 0.269 e. The highest BCUT2D eigenvalue weighted by molar-refractivity contribution is 6.45. The molecular weight excluding hydrogens is 345 g/mol. The van der Waals surface area contributed by atoms with E-state index in [2.05, 4.69) is 0 Å². The number of rotatable bonds is 6. The Bertz CT molecular complexity index is 746. The summed E-state index contributed by atoms with van der Waals surface area (Å²) in [5.41, 5.74) is 0.290. The monoisotopic (exact) mass is 355 g/mol. The number of non-ortho nitro benzene ring substituents is 1. The molecule has 2 rings (SSSR count). The summed E-state index contributed by atoms with van der Waals surface area (Å²) >= 11 is 12.2. The molecule has 0 saturated carbocycles. The van der Waals surface area contributed by atoms with Crippen LogP contribution in [0.3, 0.4) is 0 Å². The highest BCUT2D eigenvalue weighted by atomic mass is 35.5. The summed E-state index contributed by atoms with van der Waals surface area (Å²) < 4.78 is 5.20. The Labute approximate surface area is 141 Å². The minimum absolute atomic E-state index is 0.0189. The van der Waals surface area contributed by atoms with Gasteiger partial charge in [-0.25, -0.2) is 0 Å². The molecule has 2 aromatic carbocycles. The van der Waals surface area contributed by atoms with Crippen LogP contribution < -0.4 is 4.74 Å². The fourth-order valence-corrected chi connectivity index (χ4v) is 2.33. The van der Waals surface area contributed by atoms with Gasteiger partial charge in [-0.2, -0.15) is 0 Å². The Morgan fingerprint density at radius 2 is 1.78 bits per heavy atom. The Hall–Kier alpha value is -2.15. The highest BCUT2D eigenvalue weighted by Gasteiger charge is 2.18. The molecule has 0 amide bonds. The number of carbonyl (C=O) groups is 1. The van der Waals surface area contributed by atoms with Gasteiger partial charge in [0.25, 0.3) is 5.69 Å². The molecule has 23 heavy (non-hydrogen) atoms. The van der Waals surface area contributed by atoms with Gasteiger partial charge in [0, 0.05) is 23.3 Å². The lowest BCUT2D eigenvalue weighted by Crippen LogP contribution is -2.05. The van der Waals surface area contributed by atoms with Crippen molar-refractivity contribution in [3.8, 4) is 5.75 Å². The molecule has 0 radical (unpaired) electrons. The number of carbonyl (C=O) groups excluding carboxylic acids is 1. The first kappa shape index (κ1) is 17.2. The number of halogens is 2. The number of nitro benzene ring substituents is 1. The standard InChI is InChI=1S/C15H11Cl2NO5/c16-13-11(5-6-12(14(13)17)23-8-7-19)15(20)9-1-3-10(4-2-9)18(21)22/h1-6,19H,7-8H2. The van der Waals surface area contributed by atoms with Crippen LogP contribution in [0, 0.1) is 10.1 Å². The van der Waals surface area contributed by atoms with Crippen molar-refractivity contribution < 1.29 is 19.6 Å². The van der Waals surface area contributed by atoms with E-state index in [1.807, 2.05) is 0 Å². The molecule has 0 bridgehead atoms. The van der Waals surface area contributed by atoms with E-state index in [0.717, 1.165) is 0 Å². The first-order valence-electron chi connectivity index (χ1n) is 6.46. The lowest BCUT2D eigenvalue weighted by atomic mass is 10.0. The second-order valence-corrected chi connectivity index (χ2v) is 5.20. The summed E-state index contributed by atoms with van der Waals surface area (Å²) in [5, 5.41) is 19.4. The lowest BCUT2D eigenvalue weighted by Gasteiger charge is -2.10. The molecule has 0 fully saturated rings. The average molecular weight is 356 g/mol. The van der Waals surface area contributed by atoms with Crippen LogP contribution in [-0.4, -0.2) is 29.0 Å². The van der Waals surface area contributed by atoms with Gasteiger partial charge < -0.3 is 9.84 Å². The van der Waals surface area contributed by atoms with Crippen LogP contribution in [-0.2, 0) is 0 Å². The van der Waals surface area contributed by atoms with Crippen LogP contribution in [0.15, 0.2) is 36.4 Å². The van der Waals surface area contributed by atoms with E-state index in [-0.39, 0.29) is 45.8 Å². The Morgan fingerprint density at radius 1 is 1.13 bits per heavy atom. The molecule has 1 N–H and O–H groups in total. The van der Waals surface area contributed by atoms with Gasteiger partial charge in [0.1, 0.15) is 17.4 Å². The van der Waals surface area contributed by atoms with E-state index < -0.39 is 10.7 Å². The third kappa shape index (κ3) is 3.79. The fourth-order valence-electron chi connectivity index (χ4n) is 1.86. The summed E-state index contributed by atoms with van der Waals surface area (Å²) in [7, 11) is 0. The van der Waals surface area contributed by atoms with Gasteiger partial charge in [-0.15, -0.1) is 0 Å². The molecule has 8 heteroatoms. The molecular formula is C15H11Cl2NO5. The summed E-state index contributed by atoms with van der Waals surface area (Å²) in [4.78, 5) is 22.5. The van der Waals surface area contributed by atoms with Crippen molar-refractivity contribution in [2.75, 3.05) is 13.2 Å². The highest BCUT2D eigenvalue weighted by Crippen LogP contribution is 2.35. The molecule has 0 aliphatic carbocycles. The Kier molecular flexibility index (Phi) is 5.54. The largest absolute Gasteiger partial charge is 0.490 e. The molecule has 0 unspecified atom stereocenters. The van der Waals surface area contributed by atoms with Crippen molar-refractivity contribution in [2.24, 2.45) is 0 Å². The average Bonchev–Trinajstić information content (AvgIpc) is 2.55. The van der Waals surface area contributed by atoms with Crippen LogP contribution in [0.25, 0.3) is 0 Å². The SMILES string of the molecule is O=C(c1ccc([N+](=O)[O-])cc1)c1ccc(OCCO)c(Cl)c1Cl. The van der Waals surface area contributed by atoms with Crippen LogP contribution in [0.5, 0.6) is 5.75 Å². The third-order valence-electron chi connectivity index (χ3n) is 2.98. The minimum Gasteiger partial charge on any atom is -0.490 e. The zero-order valence-corrected chi connectivity index (χ0v) is 13.2. The van der Waals surface area contributed by atoms with Gasteiger partial charge in [0.2, 0.25) is 0 Å². The predicted molar refractivity (Wildman–Crippen MR) is 85.6 cm³/mol. The molecule has 2 aromatic rings. The fraction of sp³-hybridized carbons (Fsp3) is 0.133. The number of benzene rings is 2. The number of hydrogen-bond donors (Lipinski definition) is 1. The van der Waals surface area contributed by atoms with Gasteiger partial charge in [-0.1, -0.05) is 23.2 Å². The maximum atomic E-state index is 12.4. The summed E-state index contributed by atoms with van der Waals surface area (Å²) in [5.74, 6) is -0.161. The molecule has 0 saturated heterocycles. The van der Waals surface area contributed by atoms with Crippen molar-refractivity contribution in [3.63, 3.8) is 0 Å². The summed E-state index contributed by atoms with van der Waals surface area (Å²) in [6.45, 7) is -0.136. The van der Waals surface area contributed by atoms with Gasteiger partial charge in [-0.3, -0.25) is 14.9 Å². The number of hydrogen-bond acceptors (Lipinski definition) is 5. The number of ketones is 1. The lowest BCUT2D eigenvalue weighted by molar-refractivity contribution is -0.384. The second-order valence-electron chi connectivity index (χ2n) is 4.44. The van der Waals surface area contributed by atoms with E-state index in [9.17, 15) is 14.9 Å². The maximum absolute atomic E-state index is 12.4. The molecule has 0 atom stereocenters. The normalized spacial score (nSPS) is 10.4. The minimum atomic E-state index is -0.550. The molecule has 0 spiro atoms. The van der Waals surface area contributed by atoms with Crippen molar-refractivity contribution in [2.45, 2.75) is 0 Å². The van der Waals surface area contributed by atoms with Gasteiger partial charge in [0.15, 0.2) is 5.78 Å². The van der Waals surface area contributed by atoms with Gasteiger partial charge >= 0.3 is 0 Å². The van der Waals surface area contributed by atoms with Crippen molar-refractivity contribution in [1.82, 2.24) is 0 Å². The first-order chi connectivity index (χ1) is 11.0. The molecule has 6 nitrogen and oxygen atoms in total. The molecule has 0 aliphatic rings. The zero-order chi connectivity index (χ0) is 17.0. The van der Waals surface area contributed by atoms with E-state index in [1.54, 1.807) is 0 Å². The molecule has 0 heterocycles. The zero-order valence-electron chi connectivity index (χ0n) is 11.7. The van der Waals surface area contributed by atoms with E-state index in [4.69, 9.17) is 33.0 Å². The van der Waals surface area contributed by atoms with Crippen molar-refractivity contribution >= 4 is 34.7 Å². The van der Waals surface area contributed by atoms with E-state index >= 15 is 0 Å². The molecule has 0 aromatic heterocycles. The Balaban J connectivity index is 2.32. The second kappa shape index (κ2) is 7.41. The maximum Gasteiger partial charge on any atom is 0.269 e. The molecule has 120 valence electrons.